The lowest BCUT2D eigenvalue weighted by Gasteiger charge is -2.27. The van der Waals surface area contributed by atoms with Crippen LogP contribution in [0.25, 0.3) is 10.9 Å². The Bertz CT molecular complexity index is 1310. The molecular formula is C25H25N5O3. The topological polar surface area (TPSA) is 103 Å². The van der Waals surface area contributed by atoms with Crippen molar-refractivity contribution < 1.29 is 14.7 Å². The molecule has 0 saturated carbocycles. The van der Waals surface area contributed by atoms with E-state index in [0.29, 0.717) is 25.2 Å². The van der Waals surface area contributed by atoms with Gasteiger partial charge in [0.2, 0.25) is 0 Å². The number of hydrogen-bond acceptors (Lipinski definition) is 4. The molecule has 5 rings (SSSR count). The summed E-state index contributed by atoms with van der Waals surface area (Å²) in [5.41, 5.74) is 5.24. The SMILES string of the molecule is O=C(O)Cn1nc(C(=O)NCc2ccccc2)c2c1CCN(Cc1c[nH]c3ccccc13)C2. The van der Waals surface area contributed by atoms with Gasteiger partial charge in [0.25, 0.3) is 5.91 Å². The van der Waals surface area contributed by atoms with Gasteiger partial charge in [-0.1, -0.05) is 48.5 Å². The number of carbonyl (C=O) groups is 2. The van der Waals surface area contributed by atoms with Crippen molar-refractivity contribution in [3.63, 3.8) is 0 Å². The number of nitrogens with one attached hydrogen (secondary N) is 2. The first-order valence-corrected chi connectivity index (χ1v) is 11.0. The van der Waals surface area contributed by atoms with Crippen LogP contribution >= 0.6 is 0 Å². The molecule has 2 aromatic carbocycles. The van der Waals surface area contributed by atoms with E-state index in [2.05, 4.69) is 32.4 Å². The Morgan fingerprint density at radius 2 is 1.88 bits per heavy atom. The van der Waals surface area contributed by atoms with E-state index in [1.165, 1.54) is 15.6 Å². The maximum Gasteiger partial charge on any atom is 0.325 e. The molecule has 2 aromatic heterocycles. The fourth-order valence-electron chi connectivity index (χ4n) is 4.49. The maximum atomic E-state index is 13.0. The number of amides is 1. The molecule has 3 N–H and O–H groups in total. The minimum atomic E-state index is -0.974. The van der Waals surface area contributed by atoms with E-state index in [1.54, 1.807) is 0 Å². The van der Waals surface area contributed by atoms with Crippen LogP contribution in [0.3, 0.4) is 0 Å². The van der Waals surface area contributed by atoms with Crippen LogP contribution in [0.15, 0.2) is 60.8 Å². The van der Waals surface area contributed by atoms with Gasteiger partial charge in [0.1, 0.15) is 6.54 Å². The Balaban J connectivity index is 1.38. The first-order valence-electron chi connectivity index (χ1n) is 11.0. The second kappa shape index (κ2) is 8.91. The number of carbonyl (C=O) groups excluding carboxylic acids is 1. The van der Waals surface area contributed by atoms with Crippen LogP contribution in [0.2, 0.25) is 0 Å². The van der Waals surface area contributed by atoms with E-state index in [-0.39, 0.29) is 12.5 Å². The van der Waals surface area contributed by atoms with Crippen molar-refractivity contribution in [1.82, 2.24) is 25.0 Å². The summed E-state index contributed by atoms with van der Waals surface area (Å²) in [7, 11) is 0. The Kier molecular flexibility index (Phi) is 5.66. The molecular weight excluding hydrogens is 418 g/mol. The molecule has 0 aliphatic carbocycles. The largest absolute Gasteiger partial charge is 0.480 e. The molecule has 0 fully saturated rings. The van der Waals surface area contributed by atoms with Gasteiger partial charge in [0.05, 0.1) is 0 Å². The third-order valence-electron chi connectivity index (χ3n) is 6.08. The van der Waals surface area contributed by atoms with Gasteiger partial charge in [-0.25, -0.2) is 0 Å². The van der Waals surface area contributed by atoms with Crippen LogP contribution in [-0.2, 0) is 37.4 Å². The second-order valence-corrected chi connectivity index (χ2v) is 8.31. The van der Waals surface area contributed by atoms with Gasteiger partial charge in [-0.15, -0.1) is 0 Å². The van der Waals surface area contributed by atoms with Gasteiger partial charge in [-0.05, 0) is 17.2 Å². The van der Waals surface area contributed by atoms with Crippen molar-refractivity contribution in [1.29, 1.82) is 0 Å². The number of H-pyrrole nitrogens is 1. The van der Waals surface area contributed by atoms with Crippen LogP contribution in [0, 0.1) is 0 Å². The van der Waals surface area contributed by atoms with E-state index < -0.39 is 5.97 Å². The molecule has 1 amide bonds. The molecule has 33 heavy (non-hydrogen) atoms. The zero-order valence-electron chi connectivity index (χ0n) is 18.1. The number of benzene rings is 2. The highest BCUT2D eigenvalue weighted by Gasteiger charge is 2.29. The summed E-state index contributed by atoms with van der Waals surface area (Å²) in [6.45, 7) is 2.18. The Labute approximate surface area is 190 Å². The van der Waals surface area contributed by atoms with Crippen LogP contribution in [0.5, 0.6) is 0 Å². The first kappa shape index (κ1) is 21.0. The summed E-state index contributed by atoms with van der Waals surface area (Å²) >= 11 is 0. The van der Waals surface area contributed by atoms with Crippen molar-refractivity contribution in [3.05, 3.63) is 88.9 Å². The second-order valence-electron chi connectivity index (χ2n) is 8.31. The number of rotatable bonds is 7. The Morgan fingerprint density at radius 3 is 2.70 bits per heavy atom. The predicted octanol–water partition coefficient (Wildman–Crippen LogP) is 2.94. The molecule has 8 nitrogen and oxygen atoms in total. The van der Waals surface area contributed by atoms with E-state index in [9.17, 15) is 14.7 Å². The highest BCUT2D eigenvalue weighted by Crippen LogP contribution is 2.26. The van der Waals surface area contributed by atoms with Crippen molar-refractivity contribution in [3.8, 4) is 0 Å². The Hall–Kier alpha value is -3.91. The molecule has 3 heterocycles. The summed E-state index contributed by atoms with van der Waals surface area (Å²) in [5.74, 6) is -1.26. The van der Waals surface area contributed by atoms with E-state index in [0.717, 1.165) is 35.4 Å². The van der Waals surface area contributed by atoms with Crippen LogP contribution in [0.1, 0.15) is 32.9 Å². The molecule has 0 unspecified atom stereocenters. The monoisotopic (exact) mass is 443 g/mol. The number of aliphatic carboxylic acids is 1. The fourth-order valence-corrected chi connectivity index (χ4v) is 4.49. The third-order valence-corrected chi connectivity index (χ3v) is 6.08. The molecule has 0 atom stereocenters. The fraction of sp³-hybridized carbons (Fsp3) is 0.240. The smallest absolute Gasteiger partial charge is 0.325 e. The van der Waals surface area contributed by atoms with Gasteiger partial charge in [0.15, 0.2) is 5.69 Å². The van der Waals surface area contributed by atoms with Gasteiger partial charge < -0.3 is 15.4 Å². The molecule has 4 aromatic rings. The summed E-state index contributed by atoms with van der Waals surface area (Å²) in [6, 6.07) is 17.9. The van der Waals surface area contributed by atoms with Crippen molar-refractivity contribution in [2.24, 2.45) is 0 Å². The summed E-state index contributed by atoms with van der Waals surface area (Å²) in [4.78, 5) is 30.0. The highest BCUT2D eigenvalue weighted by atomic mass is 16.4. The predicted molar refractivity (Wildman–Crippen MR) is 124 cm³/mol. The van der Waals surface area contributed by atoms with E-state index >= 15 is 0 Å². The number of fused-ring (bicyclic) bond motifs is 2. The zero-order chi connectivity index (χ0) is 22.8. The standard InChI is InChI=1S/C25H25N5O3/c31-23(32)16-30-22-10-11-29(14-18-13-26-21-9-5-4-8-19(18)21)15-20(22)24(28-30)25(33)27-12-17-6-2-1-3-7-17/h1-9,13,26H,10-12,14-16H2,(H,27,33)(H,31,32). The Morgan fingerprint density at radius 1 is 1.09 bits per heavy atom. The average molecular weight is 444 g/mol. The van der Waals surface area contributed by atoms with Crippen LogP contribution in [-0.4, -0.2) is 43.2 Å². The summed E-state index contributed by atoms with van der Waals surface area (Å²) in [5, 5.41) is 17.9. The number of carboxylic acids is 1. The number of carboxylic acid groups (broad SMARTS) is 1. The zero-order valence-corrected chi connectivity index (χ0v) is 18.1. The van der Waals surface area contributed by atoms with Gasteiger partial charge >= 0.3 is 5.97 Å². The molecule has 0 spiro atoms. The van der Waals surface area contributed by atoms with Gasteiger partial charge in [-0.2, -0.15) is 5.10 Å². The lowest BCUT2D eigenvalue weighted by molar-refractivity contribution is -0.137. The number of aromatic amines is 1. The lowest BCUT2D eigenvalue weighted by Crippen LogP contribution is -2.32. The maximum absolute atomic E-state index is 13.0. The summed E-state index contributed by atoms with van der Waals surface area (Å²) < 4.78 is 1.47. The molecule has 0 bridgehead atoms. The normalized spacial score (nSPS) is 13.7. The number of aromatic nitrogens is 3. The molecule has 8 heteroatoms. The average Bonchev–Trinajstić information content (AvgIpc) is 3.39. The van der Waals surface area contributed by atoms with Crippen molar-refractivity contribution >= 4 is 22.8 Å². The van der Waals surface area contributed by atoms with Crippen LogP contribution in [0.4, 0.5) is 0 Å². The van der Waals surface area contributed by atoms with E-state index in [4.69, 9.17) is 0 Å². The molecule has 0 radical (unpaired) electrons. The number of para-hydroxylation sites is 1. The highest BCUT2D eigenvalue weighted by molar-refractivity contribution is 5.94. The van der Waals surface area contributed by atoms with Gasteiger partial charge in [0, 0.05) is 61.0 Å². The quantitative estimate of drug-likeness (QED) is 0.408. The van der Waals surface area contributed by atoms with Crippen molar-refractivity contribution in [2.45, 2.75) is 32.6 Å². The molecule has 1 aliphatic heterocycles. The van der Waals surface area contributed by atoms with E-state index in [1.807, 2.05) is 48.7 Å². The minimum Gasteiger partial charge on any atom is -0.480 e. The summed E-state index contributed by atoms with van der Waals surface area (Å²) in [6.07, 6.45) is 2.67. The van der Waals surface area contributed by atoms with Crippen LogP contribution < -0.4 is 5.32 Å². The lowest BCUT2D eigenvalue weighted by atomic mass is 10.0. The first-order chi connectivity index (χ1) is 16.1. The number of nitrogens with zero attached hydrogens (tertiary/aromatic N) is 3. The third kappa shape index (κ3) is 4.38. The minimum absolute atomic E-state index is 0.253. The molecule has 168 valence electrons. The molecule has 0 saturated heterocycles. The van der Waals surface area contributed by atoms with Gasteiger partial charge in [-0.3, -0.25) is 19.2 Å². The number of hydrogen-bond donors (Lipinski definition) is 3. The van der Waals surface area contributed by atoms with Crippen molar-refractivity contribution in [2.75, 3.05) is 6.54 Å². The molecule has 1 aliphatic rings.